The van der Waals surface area contributed by atoms with Crippen LogP contribution in [0.25, 0.3) is 20.8 Å². The van der Waals surface area contributed by atoms with Gasteiger partial charge in [0, 0.05) is 78.1 Å². The van der Waals surface area contributed by atoms with E-state index >= 15 is 4.39 Å². The molecule has 242 valence electrons. The predicted molar refractivity (Wildman–Crippen MR) is 179 cm³/mol. The molecule has 0 aliphatic rings. The number of rotatable bonds is 13. The van der Waals surface area contributed by atoms with E-state index in [1.54, 1.807) is 74.9 Å². The Morgan fingerprint density at radius 1 is 0.894 bits per heavy atom. The van der Waals surface area contributed by atoms with Gasteiger partial charge in [-0.3, -0.25) is 24.4 Å². The number of ether oxygens (including phenoxy) is 2. The van der Waals surface area contributed by atoms with Crippen molar-refractivity contribution in [2.75, 3.05) is 34.4 Å². The Morgan fingerprint density at radius 3 is 2.34 bits per heavy atom. The van der Waals surface area contributed by atoms with Crippen LogP contribution in [0.4, 0.5) is 4.39 Å². The van der Waals surface area contributed by atoms with Crippen molar-refractivity contribution in [3.05, 3.63) is 107 Å². The smallest absolute Gasteiger partial charge is 0.253 e. The largest absolute Gasteiger partial charge is 0.453 e. The number of nitrogens with zero attached hydrogens (tertiary/aromatic N) is 4. The molecule has 0 saturated carbocycles. The zero-order valence-electron chi connectivity index (χ0n) is 26.7. The molecule has 0 spiro atoms. The van der Waals surface area contributed by atoms with E-state index in [0.717, 1.165) is 26.4 Å². The van der Waals surface area contributed by atoms with E-state index in [0.29, 0.717) is 42.1 Å². The van der Waals surface area contributed by atoms with E-state index in [2.05, 4.69) is 9.97 Å². The summed E-state index contributed by atoms with van der Waals surface area (Å²) in [7, 11) is 4.95. The number of thiophene rings is 1. The van der Waals surface area contributed by atoms with E-state index in [1.165, 1.54) is 35.3 Å². The average Bonchev–Trinajstić information content (AvgIpc) is 3.49. The van der Waals surface area contributed by atoms with Gasteiger partial charge < -0.3 is 19.3 Å². The Kier molecular flexibility index (Phi) is 10.7. The lowest BCUT2D eigenvalue weighted by Gasteiger charge is -2.20. The molecule has 0 aliphatic carbocycles. The molecule has 0 aliphatic heterocycles. The standard InChI is InChI=1S/C36H35FN4O5S/c1-23(42)41(14-15-45-4)22-26-8-10-30(39-21-26)34-20-31-35(47-34)33(12-13-38-31)46-32-11-9-25(19-29(32)37)18-28(43)17-24-6-5-7-27(16-24)36(44)40(2)3/h5-13,16,19-21H,14-15,17-18,22H2,1-4H3. The maximum Gasteiger partial charge on any atom is 0.253 e. The van der Waals surface area contributed by atoms with Gasteiger partial charge >= 0.3 is 0 Å². The third-order valence-corrected chi connectivity index (χ3v) is 8.60. The van der Waals surface area contributed by atoms with Crippen LogP contribution in [0.3, 0.4) is 0 Å². The molecule has 9 nitrogen and oxygen atoms in total. The number of hydrogen-bond acceptors (Lipinski definition) is 8. The van der Waals surface area contributed by atoms with Crippen LogP contribution in [0, 0.1) is 5.82 Å². The predicted octanol–water partition coefficient (Wildman–Crippen LogP) is 6.34. The van der Waals surface area contributed by atoms with Crippen molar-refractivity contribution in [1.82, 2.24) is 19.8 Å². The number of carbonyl (C=O) groups is 3. The molecule has 0 saturated heterocycles. The second-order valence-electron chi connectivity index (χ2n) is 11.3. The van der Waals surface area contributed by atoms with Gasteiger partial charge in [-0.1, -0.05) is 24.3 Å². The summed E-state index contributed by atoms with van der Waals surface area (Å²) in [5.41, 5.74) is 4.09. The second-order valence-corrected chi connectivity index (χ2v) is 12.3. The summed E-state index contributed by atoms with van der Waals surface area (Å²) >= 11 is 1.43. The fourth-order valence-electron chi connectivity index (χ4n) is 5.00. The lowest BCUT2D eigenvalue weighted by atomic mass is 10.0. The van der Waals surface area contributed by atoms with Gasteiger partial charge in [0.1, 0.15) is 11.5 Å². The quantitative estimate of drug-likeness (QED) is 0.146. The summed E-state index contributed by atoms with van der Waals surface area (Å²) < 4.78 is 27.1. The third kappa shape index (κ3) is 8.43. The van der Waals surface area contributed by atoms with E-state index in [4.69, 9.17) is 9.47 Å². The highest BCUT2D eigenvalue weighted by molar-refractivity contribution is 7.22. The fraction of sp³-hybridized carbons (Fsp3) is 0.250. The summed E-state index contributed by atoms with van der Waals surface area (Å²) in [6.07, 6.45) is 3.53. The van der Waals surface area contributed by atoms with Crippen LogP contribution in [-0.4, -0.2) is 71.7 Å². The Hall–Kier alpha value is -5.00. The highest BCUT2D eigenvalue weighted by Gasteiger charge is 2.16. The number of methoxy groups -OCH3 is 1. The van der Waals surface area contributed by atoms with Gasteiger partial charge in [-0.2, -0.15) is 0 Å². The highest BCUT2D eigenvalue weighted by Crippen LogP contribution is 2.39. The minimum Gasteiger partial charge on any atom is -0.453 e. The lowest BCUT2D eigenvalue weighted by molar-refractivity contribution is -0.130. The first kappa shape index (κ1) is 33.4. The number of amides is 2. The van der Waals surface area contributed by atoms with Crippen molar-refractivity contribution >= 4 is 39.2 Å². The highest BCUT2D eigenvalue weighted by atomic mass is 32.1. The number of carbonyl (C=O) groups excluding carboxylic acids is 3. The maximum absolute atomic E-state index is 15.2. The number of fused-ring (bicyclic) bond motifs is 1. The number of pyridine rings is 2. The van der Waals surface area contributed by atoms with Gasteiger partial charge in [0.25, 0.3) is 5.91 Å². The number of halogens is 1. The zero-order chi connectivity index (χ0) is 33.5. The van der Waals surface area contributed by atoms with E-state index in [9.17, 15) is 14.4 Å². The van der Waals surface area contributed by atoms with Crippen LogP contribution in [0.2, 0.25) is 0 Å². The molecule has 2 aromatic carbocycles. The summed E-state index contributed by atoms with van der Waals surface area (Å²) in [4.78, 5) is 50.2. The zero-order valence-corrected chi connectivity index (χ0v) is 27.5. The van der Waals surface area contributed by atoms with Crippen LogP contribution in [0.15, 0.2) is 79.1 Å². The normalized spacial score (nSPS) is 11.0. The van der Waals surface area contributed by atoms with Crippen LogP contribution in [0.1, 0.15) is 34.0 Å². The molecule has 3 aromatic heterocycles. The fourth-order valence-corrected chi connectivity index (χ4v) is 6.04. The minimum atomic E-state index is -0.585. The molecule has 0 N–H and O–H groups in total. The number of ketones is 1. The third-order valence-electron chi connectivity index (χ3n) is 7.44. The van der Waals surface area contributed by atoms with Gasteiger partial charge in [-0.15, -0.1) is 11.3 Å². The first-order chi connectivity index (χ1) is 22.6. The molecule has 47 heavy (non-hydrogen) atoms. The minimum absolute atomic E-state index is 0.0320. The lowest BCUT2D eigenvalue weighted by Crippen LogP contribution is -2.31. The van der Waals surface area contributed by atoms with E-state index < -0.39 is 5.82 Å². The molecule has 5 rings (SSSR count). The number of benzene rings is 2. The molecule has 2 amide bonds. The Morgan fingerprint density at radius 2 is 1.66 bits per heavy atom. The molecule has 0 unspecified atom stereocenters. The number of Topliss-reactive ketones (excluding diaryl/α,β-unsaturated/α-hetero) is 1. The van der Waals surface area contributed by atoms with E-state index in [-0.39, 0.29) is 36.2 Å². The number of aromatic nitrogens is 2. The Balaban J connectivity index is 1.26. The van der Waals surface area contributed by atoms with Crippen LogP contribution >= 0.6 is 11.3 Å². The molecule has 11 heteroatoms. The molecule has 0 radical (unpaired) electrons. The molecule has 0 fully saturated rings. The van der Waals surface area contributed by atoms with Crippen LogP contribution < -0.4 is 4.74 Å². The topological polar surface area (TPSA) is 102 Å². The summed E-state index contributed by atoms with van der Waals surface area (Å²) in [6, 6.07) is 18.9. The molecule has 0 bridgehead atoms. The van der Waals surface area contributed by atoms with Crippen molar-refractivity contribution in [1.29, 1.82) is 0 Å². The van der Waals surface area contributed by atoms with Gasteiger partial charge in [-0.25, -0.2) is 4.39 Å². The first-order valence-corrected chi connectivity index (χ1v) is 15.8. The summed E-state index contributed by atoms with van der Waals surface area (Å²) in [6.45, 7) is 2.92. The molecular weight excluding hydrogens is 619 g/mol. The maximum atomic E-state index is 15.2. The molecule has 3 heterocycles. The van der Waals surface area contributed by atoms with E-state index in [1.807, 2.05) is 18.2 Å². The Labute approximate surface area is 276 Å². The van der Waals surface area contributed by atoms with Gasteiger partial charge in [0.2, 0.25) is 5.91 Å². The van der Waals surface area contributed by atoms with Gasteiger partial charge in [-0.05, 0) is 53.1 Å². The molecule has 0 atom stereocenters. The van der Waals surface area contributed by atoms with Crippen molar-refractivity contribution < 1.29 is 28.2 Å². The number of hydrogen-bond donors (Lipinski definition) is 0. The van der Waals surface area contributed by atoms with Crippen molar-refractivity contribution in [3.8, 4) is 22.1 Å². The Bertz CT molecular complexity index is 1910. The van der Waals surface area contributed by atoms with Crippen LogP contribution in [0.5, 0.6) is 11.5 Å². The van der Waals surface area contributed by atoms with Crippen LogP contribution in [-0.2, 0) is 33.7 Å². The van der Waals surface area contributed by atoms with Crippen molar-refractivity contribution in [2.24, 2.45) is 0 Å². The SMILES string of the molecule is COCCN(Cc1ccc(-c2cc3nccc(Oc4ccc(CC(=O)Cc5cccc(C(=O)N(C)C)c5)cc4F)c3s2)nc1)C(C)=O. The second kappa shape index (κ2) is 15.1. The monoisotopic (exact) mass is 654 g/mol. The van der Waals surface area contributed by atoms with Crippen molar-refractivity contribution in [3.63, 3.8) is 0 Å². The van der Waals surface area contributed by atoms with Gasteiger partial charge in [0.15, 0.2) is 11.6 Å². The summed E-state index contributed by atoms with van der Waals surface area (Å²) in [5.74, 6) is -0.374. The molecule has 5 aromatic rings. The first-order valence-electron chi connectivity index (χ1n) is 15.0. The molecular formula is C36H35FN4O5S. The summed E-state index contributed by atoms with van der Waals surface area (Å²) in [5, 5.41) is 0. The average molecular weight is 655 g/mol. The van der Waals surface area contributed by atoms with Crippen molar-refractivity contribution in [2.45, 2.75) is 26.3 Å². The van der Waals surface area contributed by atoms with Gasteiger partial charge in [0.05, 0.1) is 27.4 Å².